The lowest BCUT2D eigenvalue weighted by molar-refractivity contribution is -0.137. The number of carbonyl (C=O) groups excluding carboxylic acids is 1. The van der Waals surface area contributed by atoms with Crippen LogP contribution in [0, 0.1) is 0 Å². The van der Waals surface area contributed by atoms with Crippen molar-refractivity contribution in [3.63, 3.8) is 0 Å². The Labute approximate surface area is 239 Å². The van der Waals surface area contributed by atoms with E-state index >= 15 is 0 Å². The third-order valence-corrected chi connectivity index (χ3v) is 7.39. The van der Waals surface area contributed by atoms with Crippen molar-refractivity contribution in [2.45, 2.75) is 12.7 Å². The van der Waals surface area contributed by atoms with E-state index in [1.807, 2.05) is 12.1 Å². The van der Waals surface area contributed by atoms with E-state index in [0.717, 1.165) is 45.0 Å². The summed E-state index contributed by atoms with van der Waals surface area (Å²) in [5.41, 5.74) is 1.81. The van der Waals surface area contributed by atoms with Crippen LogP contribution in [0.25, 0.3) is 16.6 Å². The van der Waals surface area contributed by atoms with E-state index in [1.165, 1.54) is 12.3 Å². The topological polar surface area (TPSA) is 92.8 Å². The molecule has 6 rings (SSSR count). The highest BCUT2D eigenvalue weighted by atomic mass is 19.4. The number of pyridine rings is 2. The molecule has 4 aromatic heterocycles. The predicted molar refractivity (Wildman–Crippen MR) is 151 cm³/mol. The zero-order valence-corrected chi connectivity index (χ0v) is 22.9. The summed E-state index contributed by atoms with van der Waals surface area (Å²) < 4.78 is 47.9. The maximum absolute atomic E-state index is 13.3. The van der Waals surface area contributed by atoms with Gasteiger partial charge in [0.2, 0.25) is 0 Å². The minimum absolute atomic E-state index is 0.173. The molecule has 42 heavy (non-hydrogen) atoms. The Bertz CT molecular complexity index is 1710. The molecule has 1 aromatic carbocycles. The lowest BCUT2D eigenvalue weighted by Crippen LogP contribution is -2.45. The number of nitrogens with zero attached hydrogens (tertiary/aromatic N) is 7. The first-order chi connectivity index (χ1) is 20.2. The summed E-state index contributed by atoms with van der Waals surface area (Å²) in [5.74, 6) is 0.338. The van der Waals surface area contributed by atoms with Gasteiger partial charge in [-0.3, -0.25) is 23.8 Å². The largest absolute Gasteiger partial charge is 0.492 e. The average molecular weight is 579 g/mol. The van der Waals surface area contributed by atoms with Crippen LogP contribution in [0.5, 0.6) is 5.75 Å². The van der Waals surface area contributed by atoms with Gasteiger partial charge in [0.25, 0.3) is 5.91 Å². The zero-order valence-electron chi connectivity index (χ0n) is 22.9. The molecule has 5 heterocycles. The number of imidazole rings is 1. The van der Waals surface area contributed by atoms with Crippen molar-refractivity contribution in [2.75, 3.05) is 51.7 Å². The summed E-state index contributed by atoms with van der Waals surface area (Å²) in [7, 11) is 2.13. The molecule has 1 saturated heterocycles. The van der Waals surface area contributed by atoms with Gasteiger partial charge in [-0.05, 0) is 37.4 Å². The van der Waals surface area contributed by atoms with E-state index < -0.39 is 11.7 Å². The highest BCUT2D eigenvalue weighted by molar-refractivity contribution is 6.08. The second-order valence-corrected chi connectivity index (χ2v) is 10.3. The molecule has 0 radical (unpaired) electrons. The van der Waals surface area contributed by atoms with E-state index in [0.29, 0.717) is 46.0 Å². The first-order valence-electron chi connectivity index (χ1n) is 13.5. The third-order valence-electron chi connectivity index (χ3n) is 7.39. The van der Waals surface area contributed by atoms with Crippen molar-refractivity contribution in [1.29, 1.82) is 0 Å². The van der Waals surface area contributed by atoms with Gasteiger partial charge in [0.05, 0.1) is 41.4 Å². The Morgan fingerprint density at radius 1 is 1.02 bits per heavy atom. The first kappa shape index (κ1) is 27.7. The lowest BCUT2D eigenvalue weighted by atomic mass is 10.2. The molecular formula is C29H29F3N8O2. The summed E-state index contributed by atoms with van der Waals surface area (Å²) in [6, 6.07) is 11.3. The molecule has 1 fully saturated rings. The van der Waals surface area contributed by atoms with Crippen LogP contribution in [0.2, 0.25) is 0 Å². The fourth-order valence-electron chi connectivity index (χ4n) is 4.95. The Balaban J connectivity index is 1.12. The number of likely N-dealkylation sites (N-methyl/N-ethyl adjacent to an activating group) is 1. The maximum atomic E-state index is 13.3. The molecule has 1 N–H and O–H groups in total. The molecule has 0 aliphatic carbocycles. The number of rotatable bonds is 8. The van der Waals surface area contributed by atoms with Crippen LogP contribution in [0.4, 0.5) is 18.9 Å². The number of carbonyl (C=O) groups is 1. The molecule has 0 spiro atoms. The van der Waals surface area contributed by atoms with Gasteiger partial charge in [0, 0.05) is 56.6 Å². The molecule has 1 aliphatic rings. The molecule has 13 heteroatoms. The Morgan fingerprint density at radius 3 is 2.62 bits per heavy atom. The van der Waals surface area contributed by atoms with E-state index in [4.69, 9.17) is 4.74 Å². The van der Waals surface area contributed by atoms with Gasteiger partial charge < -0.3 is 15.0 Å². The molecule has 1 aliphatic heterocycles. The normalized spacial score (nSPS) is 15.0. The number of alkyl halides is 3. The van der Waals surface area contributed by atoms with Crippen LogP contribution in [0.3, 0.4) is 0 Å². The van der Waals surface area contributed by atoms with Crippen LogP contribution < -0.4 is 10.1 Å². The van der Waals surface area contributed by atoms with Crippen LogP contribution in [-0.2, 0) is 12.7 Å². The fraction of sp³-hybridized carbons (Fsp3) is 0.310. The van der Waals surface area contributed by atoms with Gasteiger partial charge in [-0.15, -0.1) is 0 Å². The number of ether oxygens (including phenoxy) is 1. The second-order valence-electron chi connectivity index (χ2n) is 10.3. The van der Waals surface area contributed by atoms with E-state index in [2.05, 4.69) is 37.2 Å². The van der Waals surface area contributed by atoms with Gasteiger partial charge in [-0.2, -0.15) is 18.3 Å². The molecule has 218 valence electrons. The molecule has 0 atom stereocenters. The van der Waals surface area contributed by atoms with Gasteiger partial charge in [-0.25, -0.2) is 4.98 Å². The van der Waals surface area contributed by atoms with Gasteiger partial charge in [-0.1, -0.05) is 6.07 Å². The minimum atomic E-state index is -4.45. The van der Waals surface area contributed by atoms with Crippen LogP contribution in [0.15, 0.2) is 67.3 Å². The van der Waals surface area contributed by atoms with E-state index in [9.17, 15) is 18.0 Å². The minimum Gasteiger partial charge on any atom is -0.492 e. The smallest absolute Gasteiger partial charge is 0.417 e. The van der Waals surface area contributed by atoms with Gasteiger partial charge in [0.1, 0.15) is 23.7 Å². The van der Waals surface area contributed by atoms with E-state index in [-0.39, 0.29) is 12.5 Å². The summed E-state index contributed by atoms with van der Waals surface area (Å²) in [5, 5.41) is 7.99. The number of fused-ring (bicyclic) bond motifs is 2. The standard InChI is InChI=1S/C29H29F3N8O2/c1-37-9-11-38(12-10-37)13-14-42-22-7-8-39-26(18-34-27(39)15-22)28(41)36-24-3-2-4-25-23(24)17-35-40(25)19-21-6-5-20(16-33-21)29(30,31)32/h2-8,15-18H,9-14,19H2,1H3,(H,36,41). The number of hydrogen-bond acceptors (Lipinski definition) is 7. The Kier molecular flexibility index (Phi) is 7.52. The summed E-state index contributed by atoms with van der Waals surface area (Å²) in [6.07, 6.45) is 1.25. The highest BCUT2D eigenvalue weighted by Crippen LogP contribution is 2.29. The number of piperazine rings is 1. The quantitative estimate of drug-likeness (QED) is 0.297. The van der Waals surface area contributed by atoms with Gasteiger partial charge >= 0.3 is 6.18 Å². The maximum Gasteiger partial charge on any atom is 0.417 e. The third kappa shape index (κ3) is 5.92. The number of hydrogen-bond donors (Lipinski definition) is 1. The van der Waals surface area contributed by atoms with E-state index in [1.54, 1.807) is 39.7 Å². The summed E-state index contributed by atoms with van der Waals surface area (Å²) in [4.78, 5) is 26.3. The monoisotopic (exact) mass is 578 g/mol. The molecule has 5 aromatic rings. The lowest BCUT2D eigenvalue weighted by Gasteiger charge is -2.32. The molecule has 0 unspecified atom stereocenters. The van der Waals surface area contributed by atoms with Crippen molar-refractivity contribution < 1.29 is 22.7 Å². The summed E-state index contributed by atoms with van der Waals surface area (Å²) in [6.45, 7) is 5.77. The number of halogens is 3. The molecule has 0 saturated carbocycles. The molecule has 1 amide bonds. The van der Waals surface area contributed by atoms with Gasteiger partial charge in [0.15, 0.2) is 0 Å². The fourth-order valence-corrected chi connectivity index (χ4v) is 4.95. The van der Waals surface area contributed by atoms with Crippen molar-refractivity contribution in [2.24, 2.45) is 0 Å². The van der Waals surface area contributed by atoms with Crippen LogP contribution in [-0.4, -0.2) is 86.2 Å². The Morgan fingerprint density at radius 2 is 1.86 bits per heavy atom. The van der Waals surface area contributed by atoms with Crippen molar-refractivity contribution in [3.05, 3.63) is 84.2 Å². The van der Waals surface area contributed by atoms with Crippen LogP contribution in [0.1, 0.15) is 21.7 Å². The predicted octanol–water partition coefficient (Wildman–Crippen LogP) is 4.02. The SMILES string of the molecule is CN1CCN(CCOc2ccn3c(C(=O)Nc4cccc5c4cnn5Cc4ccc(C(F)(F)F)cn4)cnc3c2)CC1. The Hall–Kier alpha value is -4.49. The van der Waals surface area contributed by atoms with Crippen LogP contribution >= 0.6 is 0 Å². The summed E-state index contributed by atoms with van der Waals surface area (Å²) >= 11 is 0. The zero-order chi connectivity index (χ0) is 29.3. The molecule has 10 nitrogen and oxygen atoms in total. The number of anilines is 1. The first-order valence-corrected chi connectivity index (χ1v) is 13.5. The van der Waals surface area contributed by atoms with Crippen molar-refractivity contribution in [3.8, 4) is 5.75 Å². The molecular weight excluding hydrogens is 549 g/mol. The van der Waals surface area contributed by atoms with Crippen molar-refractivity contribution in [1.82, 2.24) is 33.9 Å². The highest BCUT2D eigenvalue weighted by Gasteiger charge is 2.30. The number of nitrogens with one attached hydrogen (secondary N) is 1. The molecule has 0 bridgehead atoms. The number of benzene rings is 1. The number of amides is 1. The second kappa shape index (κ2) is 11.4. The average Bonchev–Trinajstić information content (AvgIpc) is 3.59. The number of aromatic nitrogens is 5. The van der Waals surface area contributed by atoms with Crippen molar-refractivity contribution >= 4 is 28.1 Å².